The maximum absolute atomic E-state index is 13.1. The van der Waals surface area contributed by atoms with Gasteiger partial charge in [0, 0.05) is 25.0 Å². The molecule has 0 spiro atoms. The van der Waals surface area contributed by atoms with Gasteiger partial charge in [0.05, 0.1) is 17.6 Å². The summed E-state index contributed by atoms with van der Waals surface area (Å²) < 4.78 is 13.1. The molecule has 0 aliphatic carbocycles. The number of nitrogens with zero attached hydrogens (tertiary/aromatic N) is 4. The normalized spacial score (nSPS) is 16.1. The largest absolute Gasteiger partial charge is 0.327 e. The first-order valence-electron chi connectivity index (χ1n) is 7.52. The summed E-state index contributed by atoms with van der Waals surface area (Å²) in [5.74, 6) is 5.78. The van der Waals surface area contributed by atoms with Crippen molar-refractivity contribution in [3.63, 3.8) is 0 Å². The highest BCUT2D eigenvalue weighted by Gasteiger charge is 2.42. The van der Waals surface area contributed by atoms with Crippen molar-refractivity contribution >= 4 is 12.0 Å². The average molecular weight is 324 g/mol. The zero-order valence-electron chi connectivity index (χ0n) is 13.7. The summed E-state index contributed by atoms with van der Waals surface area (Å²) in [6, 6.07) is 5.94. The number of rotatable bonds is 1. The van der Waals surface area contributed by atoms with Crippen molar-refractivity contribution in [2.24, 2.45) is 0 Å². The fourth-order valence-electron chi connectivity index (χ4n) is 2.39. The maximum Gasteiger partial charge on any atom is 0.327 e. The summed E-state index contributed by atoms with van der Waals surface area (Å²) in [5.41, 5.74) is 0.912. The molecule has 2 heterocycles. The van der Waals surface area contributed by atoms with Crippen LogP contribution in [0.5, 0.6) is 0 Å². The topological polar surface area (TPSA) is 49.3 Å². The van der Waals surface area contributed by atoms with E-state index in [-0.39, 0.29) is 17.4 Å². The minimum absolute atomic E-state index is 0.126. The van der Waals surface area contributed by atoms with Crippen LogP contribution in [-0.2, 0) is 0 Å². The molecule has 0 saturated carbocycles. The number of carbonyl (C=O) groups is 1. The van der Waals surface area contributed by atoms with Crippen LogP contribution in [-0.4, -0.2) is 40.0 Å². The Morgan fingerprint density at radius 1 is 1.17 bits per heavy atom. The molecule has 5 nitrogen and oxygen atoms in total. The lowest BCUT2D eigenvalue weighted by Gasteiger charge is -2.24. The minimum Gasteiger partial charge on any atom is -0.320 e. The van der Waals surface area contributed by atoms with Crippen LogP contribution in [0.15, 0.2) is 36.7 Å². The van der Waals surface area contributed by atoms with Crippen LogP contribution in [0.4, 0.5) is 15.1 Å². The highest BCUT2D eigenvalue weighted by atomic mass is 19.1. The maximum atomic E-state index is 13.1. The fourth-order valence-corrected chi connectivity index (χ4v) is 2.39. The molecule has 1 fully saturated rings. The van der Waals surface area contributed by atoms with Gasteiger partial charge >= 0.3 is 6.03 Å². The van der Waals surface area contributed by atoms with E-state index in [1.807, 2.05) is 13.8 Å². The quantitative estimate of drug-likeness (QED) is 0.758. The van der Waals surface area contributed by atoms with Crippen molar-refractivity contribution in [1.82, 2.24) is 14.9 Å². The number of urea groups is 1. The molecular weight excluding hydrogens is 307 g/mol. The zero-order valence-corrected chi connectivity index (χ0v) is 13.7. The Kier molecular flexibility index (Phi) is 3.94. The number of hydrogen-bond acceptors (Lipinski definition) is 3. The van der Waals surface area contributed by atoms with E-state index in [1.54, 1.807) is 41.4 Å². The van der Waals surface area contributed by atoms with Crippen LogP contribution in [0.25, 0.3) is 0 Å². The molecule has 2 aromatic rings. The second-order valence-electron chi connectivity index (χ2n) is 6.27. The number of benzene rings is 1. The molecule has 0 atom stereocenters. The summed E-state index contributed by atoms with van der Waals surface area (Å²) >= 11 is 0. The summed E-state index contributed by atoms with van der Waals surface area (Å²) in [6.45, 7) is 4.50. The average Bonchev–Trinajstić information content (AvgIpc) is 2.77. The lowest BCUT2D eigenvalue weighted by molar-refractivity contribution is 0.198. The molecule has 1 aromatic carbocycles. The molecule has 24 heavy (non-hydrogen) atoms. The van der Waals surface area contributed by atoms with Crippen molar-refractivity contribution in [2.45, 2.75) is 19.4 Å². The van der Waals surface area contributed by atoms with E-state index < -0.39 is 0 Å². The Morgan fingerprint density at radius 3 is 2.42 bits per heavy atom. The van der Waals surface area contributed by atoms with Crippen molar-refractivity contribution in [3.8, 4) is 11.8 Å². The van der Waals surface area contributed by atoms with E-state index in [0.717, 1.165) is 0 Å². The van der Waals surface area contributed by atoms with Gasteiger partial charge in [-0.25, -0.2) is 19.2 Å². The highest BCUT2D eigenvalue weighted by molar-refractivity contribution is 5.93. The molecule has 2 amide bonds. The number of halogens is 1. The van der Waals surface area contributed by atoms with Crippen molar-refractivity contribution in [3.05, 3.63) is 53.6 Å². The molecular formula is C18H17FN4O. The number of hydrogen-bond donors (Lipinski definition) is 0. The Morgan fingerprint density at radius 2 is 1.83 bits per heavy atom. The van der Waals surface area contributed by atoms with Gasteiger partial charge in [-0.1, -0.05) is 17.9 Å². The van der Waals surface area contributed by atoms with Gasteiger partial charge in [-0.3, -0.25) is 4.90 Å². The molecule has 0 radical (unpaired) electrons. The van der Waals surface area contributed by atoms with Crippen LogP contribution in [0.3, 0.4) is 0 Å². The van der Waals surface area contributed by atoms with Gasteiger partial charge in [0.15, 0.2) is 0 Å². The summed E-state index contributed by atoms with van der Waals surface area (Å²) in [4.78, 5) is 23.9. The molecule has 1 aliphatic heterocycles. The van der Waals surface area contributed by atoms with Crippen LogP contribution < -0.4 is 4.90 Å². The van der Waals surface area contributed by atoms with E-state index in [1.165, 1.54) is 12.1 Å². The van der Waals surface area contributed by atoms with Crippen molar-refractivity contribution in [1.29, 1.82) is 0 Å². The van der Waals surface area contributed by atoms with E-state index in [9.17, 15) is 9.18 Å². The Labute approximate surface area is 140 Å². The molecule has 6 heteroatoms. The van der Waals surface area contributed by atoms with E-state index in [2.05, 4.69) is 21.8 Å². The van der Waals surface area contributed by atoms with Gasteiger partial charge < -0.3 is 4.90 Å². The van der Waals surface area contributed by atoms with E-state index in [0.29, 0.717) is 23.6 Å². The Hall–Kier alpha value is -2.94. The lowest BCUT2D eigenvalue weighted by atomic mass is 10.1. The van der Waals surface area contributed by atoms with Gasteiger partial charge in [0.25, 0.3) is 0 Å². The number of amides is 2. The van der Waals surface area contributed by atoms with Gasteiger partial charge in [0.2, 0.25) is 5.95 Å². The summed E-state index contributed by atoms with van der Waals surface area (Å²) in [5, 5.41) is 0. The van der Waals surface area contributed by atoms with Gasteiger partial charge in [0.1, 0.15) is 5.82 Å². The van der Waals surface area contributed by atoms with Crippen molar-refractivity contribution in [2.75, 3.05) is 18.5 Å². The van der Waals surface area contributed by atoms with Crippen molar-refractivity contribution < 1.29 is 9.18 Å². The number of aromatic nitrogens is 2. The molecule has 1 aromatic heterocycles. The van der Waals surface area contributed by atoms with E-state index in [4.69, 9.17) is 0 Å². The first kappa shape index (κ1) is 15.9. The molecule has 0 N–H and O–H groups in total. The molecule has 1 aliphatic rings. The van der Waals surface area contributed by atoms with E-state index >= 15 is 0 Å². The first-order valence-corrected chi connectivity index (χ1v) is 7.52. The number of anilines is 1. The standard InChI is InChI=1S/C18H17FN4O/c1-18(2)12-23(17(24)22(18)3)16-20-10-14(11-21-16)8-7-13-5-4-6-15(19)9-13/h4-6,9-11H,12H2,1-3H3. The fraction of sp³-hybridized carbons (Fsp3) is 0.278. The molecule has 0 unspecified atom stereocenters. The predicted molar refractivity (Wildman–Crippen MR) is 89.0 cm³/mol. The molecule has 0 bridgehead atoms. The van der Waals surface area contributed by atoms with Gasteiger partial charge in [-0.05, 0) is 32.0 Å². The lowest BCUT2D eigenvalue weighted by Crippen LogP contribution is -2.38. The number of carbonyl (C=O) groups excluding carboxylic acids is 1. The minimum atomic E-state index is -0.326. The van der Waals surface area contributed by atoms with Crippen LogP contribution in [0.2, 0.25) is 0 Å². The first-order chi connectivity index (χ1) is 11.4. The molecule has 122 valence electrons. The predicted octanol–water partition coefficient (Wildman–Crippen LogP) is 2.67. The number of likely N-dealkylation sites (N-methyl/N-ethyl adjacent to an activating group) is 1. The Balaban J connectivity index is 1.79. The molecule has 3 rings (SSSR count). The highest BCUT2D eigenvalue weighted by Crippen LogP contribution is 2.26. The SMILES string of the molecule is CN1C(=O)N(c2ncc(C#Cc3cccc(F)c3)cn2)CC1(C)C. The summed E-state index contributed by atoms with van der Waals surface area (Å²) in [7, 11) is 1.77. The third kappa shape index (κ3) is 3.06. The second kappa shape index (κ2) is 5.93. The van der Waals surface area contributed by atoms with Crippen LogP contribution in [0, 0.1) is 17.7 Å². The van der Waals surface area contributed by atoms with Gasteiger partial charge in [-0.2, -0.15) is 0 Å². The smallest absolute Gasteiger partial charge is 0.320 e. The monoisotopic (exact) mass is 324 g/mol. The van der Waals surface area contributed by atoms with Gasteiger partial charge in [-0.15, -0.1) is 0 Å². The summed E-state index contributed by atoms with van der Waals surface area (Å²) in [6.07, 6.45) is 3.13. The second-order valence-corrected chi connectivity index (χ2v) is 6.27. The van der Waals surface area contributed by atoms with Crippen LogP contribution in [0.1, 0.15) is 25.0 Å². The third-order valence-electron chi connectivity index (χ3n) is 4.03. The molecule has 1 saturated heterocycles. The third-order valence-corrected chi connectivity index (χ3v) is 4.03. The zero-order chi connectivity index (χ0) is 17.3. The van der Waals surface area contributed by atoms with Crippen LogP contribution >= 0.6 is 0 Å². The Bertz CT molecular complexity index is 836.